The first-order valence-corrected chi connectivity index (χ1v) is 10.3. The first kappa shape index (κ1) is 21.2. The van der Waals surface area contributed by atoms with Gasteiger partial charge in [0.05, 0.1) is 6.21 Å². The standard InChI is InChI=1S/C23H28ClN3O2/c1-5-27-21-11-6-17(12-20(21)16(2)13-23(27,3)4)14-25-26-22(28)15-29-19-9-7-18(24)8-10-19/h6-12,14,16H,5,13,15H2,1-4H3,(H,26,28)/b25-14-/t16-/m0/s1. The molecular weight excluding hydrogens is 386 g/mol. The van der Waals surface area contributed by atoms with Gasteiger partial charge in [-0.05, 0) is 80.6 Å². The molecule has 0 radical (unpaired) electrons. The normalized spacial score (nSPS) is 17.8. The number of hydrogen-bond donors (Lipinski definition) is 1. The van der Waals surface area contributed by atoms with Crippen molar-refractivity contribution in [3.8, 4) is 5.75 Å². The third-order valence-corrected chi connectivity index (χ3v) is 5.56. The molecule has 0 spiro atoms. The van der Waals surface area contributed by atoms with Crippen LogP contribution in [0.3, 0.4) is 0 Å². The first-order chi connectivity index (χ1) is 13.8. The summed E-state index contributed by atoms with van der Waals surface area (Å²) >= 11 is 5.83. The van der Waals surface area contributed by atoms with Gasteiger partial charge in [0.25, 0.3) is 5.91 Å². The fourth-order valence-electron chi connectivity index (χ4n) is 4.08. The number of anilines is 1. The number of halogens is 1. The minimum Gasteiger partial charge on any atom is -0.484 e. The van der Waals surface area contributed by atoms with E-state index in [0.29, 0.717) is 16.7 Å². The van der Waals surface area contributed by atoms with Crippen LogP contribution in [0.2, 0.25) is 5.02 Å². The summed E-state index contributed by atoms with van der Waals surface area (Å²) < 4.78 is 5.41. The van der Waals surface area contributed by atoms with Crippen LogP contribution in [0.25, 0.3) is 0 Å². The molecule has 2 aromatic rings. The molecule has 0 aromatic heterocycles. The number of hydrogen-bond acceptors (Lipinski definition) is 4. The summed E-state index contributed by atoms with van der Waals surface area (Å²) in [5, 5.41) is 4.69. The Morgan fingerprint density at radius 1 is 1.31 bits per heavy atom. The number of benzene rings is 2. The smallest absolute Gasteiger partial charge is 0.277 e. The molecular formula is C23H28ClN3O2. The van der Waals surface area contributed by atoms with Gasteiger partial charge in [-0.2, -0.15) is 5.10 Å². The van der Waals surface area contributed by atoms with Crippen molar-refractivity contribution in [3.63, 3.8) is 0 Å². The number of ether oxygens (including phenoxy) is 1. The second kappa shape index (κ2) is 8.87. The predicted octanol–water partition coefficient (Wildman–Crippen LogP) is 4.98. The lowest BCUT2D eigenvalue weighted by Gasteiger charge is -2.47. The molecule has 0 aliphatic carbocycles. The predicted molar refractivity (Wildman–Crippen MR) is 119 cm³/mol. The summed E-state index contributed by atoms with van der Waals surface area (Å²) in [6.07, 6.45) is 2.77. The van der Waals surface area contributed by atoms with Crippen LogP contribution in [-0.2, 0) is 4.79 Å². The molecule has 2 aromatic carbocycles. The molecule has 29 heavy (non-hydrogen) atoms. The molecule has 1 atom stereocenters. The number of amides is 1. The van der Waals surface area contributed by atoms with Crippen molar-refractivity contribution < 1.29 is 9.53 Å². The number of carbonyl (C=O) groups excluding carboxylic acids is 1. The molecule has 0 saturated heterocycles. The summed E-state index contributed by atoms with van der Waals surface area (Å²) in [4.78, 5) is 14.4. The molecule has 6 heteroatoms. The van der Waals surface area contributed by atoms with Crippen LogP contribution in [0.15, 0.2) is 47.6 Å². The SMILES string of the molecule is CCN1c2ccc(/C=N\NC(=O)COc3ccc(Cl)cc3)cc2[C@@H](C)CC1(C)C. The van der Waals surface area contributed by atoms with Crippen molar-refractivity contribution in [2.75, 3.05) is 18.1 Å². The summed E-state index contributed by atoms with van der Waals surface area (Å²) in [5.41, 5.74) is 6.23. The Balaban J connectivity index is 1.60. The van der Waals surface area contributed by atoms with Crippen LogP contribution in [0, 0.1) is 0 Å². The lowest BCUT2D eigenvalue weighted by atomic mass is 9.79. The van der Waals surface area contributed by atoms with Crippen LogP contribution in [0.4, 0.5) is 5.69 Å². The molecule has 0 bridgehead atoms. The fourth-order valence-corrected chi connectivity index (χ4v) is 4.20. The molecule has 1 aliphatic rings. The van der Waals surface area contributed by atoms with Gasteiger partial charge in [-0.1, -0.05) is 24.6 Å². The average molecular weight is 414 g/mol. The Kier molecular flexibility index (Phi) is 6.48. The topological polar surface area (TPSA) is 53.9 Å². The Morgan fingerprint density at radius 2 is 2.03 bits per heavy atom. The van der Waals surface area contributed by atoms with Crippen LogP contribution in [0.1, 0.15) is 51.2 Å². The van der Waals surface area contributed by atoms with Gasteiger partial charge in [0, 0.05) is 22.8 Å². The van der Waals surface area contributed by atoms with Gasteiger partial charge in [0.1, 0.15) is 5.75 Å². The summed E-state index contributed by atoms with van der Waals surface area (Å²) in [5.74, 6) is 0.737. The third-order valence-electron chi connectivity index (χ3n) is 5.31. The van der Waals surface area contributed by atoms with E-state index in [1.54, 1.807) is 30.5 Å². The summed E-state index contributed by atoms with van der Waals surface area (Å²) in [7, 11) is 0. The van der Waals surface area contributed by atoms with Crippen molar-refractivity contribution in [2.24, 2.45) is 5.10 Å². The number of nitrogens with zero attached hydrogens (tertiary/aromatic N) is 2. The van der Waals surface area contributed by atoms with Crippen LogP contribution in [0.5, 0.6) is 5.75 Å². The maximum absolute atomic E-state index is 11.9. The molecule has 3 rings (SSSR count). The Hall–Kier alpha value is -2.53. The van der Waals surface area contributed by atoms with E-state index in [1.807, 2.05) is 6.07 Å². The lowest BCUT2D eigenvalue weighted by Crippen LogP contribution is -2.48. The zero-order chi connectivity index (χ0) is 21.0. The molecule has 1 N–H and O–H groups in total. The van der Waals surface area contributed by atoms with Gasteiger partial charge < -0.3 is 9.64 Å². The molecule has 5 nitrogen and oxygen atoms in total. The van der Waals surface area contributed by atoms with E-state index in [-0.39, 0.29) is 18.1 Å². The zero-order valence-corrected chi connectivity index (χ0v) is 18.2. The molecule has 0 fully saturated rings. The third kappa shape index (κ3) is 5.10. The van der Waals surface area contributed by atoms with Crippen molar-refractivity contribution in [1.29, 1.82) is 0 Å². The number of carbonyl (C=O) groups is 1. The number of fused-ring (bicyclic) bond motifs is 1. The quantitative estimate of drug-likeness (QED) is 0.536. The van der Waals surface area contributed by atoms with Crippen molar-refractivity contribution in [2.45, 2.75) is 45.6 Å². The largest absolute Gasteiger partial charge is 0.484 e. The molecule has 0 saturated carbocycles. The lowest BCUT2D eigenvalue weighted by molar-refractivity contribution is -0.123. The van der Waals surface area contributed by atoms with Crippen LogP contribution >= 0.6 is 11.6 Å². The highest BCUT2D eigenvalue weighted by Crippen LogP contribution is 2.43. The first-order valence-electron chi connectivity index (χ1n) is 9.92. The number of nitrogens with one attached hydrogen (secondary N) is 1. The maximum Gasteiger partial charge on any atom is 0.277 e. The van der Waals surface area contributed by atoms with E-state index in [2.05, 4.69) is 55.3 Å². The van der Waals surface area contributed by atoms with E-state index in [4.69, 9.17) is 16.3 Å². The Bertz CT molecular complexity index is 893. The Labute approximate surface area is 177 Å². The van der Waals surface area contributed by atoms with Crippen LogP contribution < -0.4 is 15.1 Å². The van der Waals surface area contributed by atoms with Gasteiger partial charge >= 0.3 is 0 Å². The molecule has 0 unspecified atom stereocenters. The molecule has 1 heterocycles. The van der Waals surface area contributed by atoms with Gasteiger partial charge in [0.15, 0.2) is 6.61 Å². The van der Waals surface area contributed by atoms with Crippen molar-refractivity contribution in [1.82, 2.24) is 5.43 Å². The maximum atomic E-state index is 11.9. The van der Waals surface area contributed by atoms with Gasteiger partial charge in [-0.25, -0.2) is 5.43 Å². The molecule has 1 aliphatic heterocycles. The minimum absolute atomic E-state index is 0.110. The van der Waals surface area contributed by atoms with E-state index in [1.165, 1.54) is 11.3 Å². The Morgan fingerprint density at radius 3 is 2.72 bits per heavy atom. The summed E-state index contributed by atoms with van der Waals surface area (Å²) in [6, 6.07) is 13.2. The highest BCUT2D eigenvalue weighted by molar-refractivity contribution is 6.30. The average Bonchev–Trinajstić information content (AvgIpc) is 2.67. The van der Waals surface area contributed by atoms with Crippen molar-refractivity contribution >= 4 is 29.4 Å². The van der Waals surface area contributed by atoms with E-state index in [9.17, 15) is 4.79 Å². The van der Waals surface area contributed by atoms with E-state index >= 15 is 0 Å². The van der Waals surface area contributed by atoms with Gasteiger partial charge in [-0.3, -0.25) is 4.79 Å². The van der Waals surface area contributed by atoms with E-state index < -0.39 is 0 Å². The van der Waals surface area contributed by atoms with Gasteiger partial charge in [0.2, 0.25) is 0 Å². The second-order valence-corrected chi connectivity index (χ2v) is 8.45. The second-order valence-electron chi connectivity index (χ2n) is 8.02. The highest BCUT2D eigenvalue weighted by atomic mass is 35.5. The molecule has 1 amide bonds. The van der Waals surface area contributed by atoms with E-state index in [0.717, 1.165) is 18.5 Å². The molecule has 154 valence electrons. The van der Waals surface area contributed by atoms with Crippen LogP contribution in [-0.4, -0.2) is 30.8 Å². The summed E-state index contributed by atoms with van der Waals surface area (Å²) in [6.45, 7) is 9.92. The zero-order valence-electron chi connectivity index (χ0n) is 17.4. The monoisotopic (exact) mass is 413 g/mol. The minimum atomic E-state index is -0.318. The highest BCUT2D eigenvalue weighted by Gasteiger charge is 2.35. The number of hydrazone groups is 1. The van der Waals surface area contributed by atoms with Crippen molar-refractivity contribution in [3.05, 3.63) is 58.6 Å². The van der Waals surface area contributed by atoms with Gasteiger partial charge in [-0.15, -0.1) is 0 Å². The fraction of sp³-hybridized carbons (Fsp3) is 0.391. The number of rotatable bonds is 6.